The van der Waals surface area contributed by atoms with Gasteiger partial charge in [-0.3, -0.25) is 14.9 Å². The highest BCUT2D eigenvalue weighted by Gasteiger charge is 2.39. The van der Waals surface area contributed by atoms with E-state index in [4.69, 9.17) is 0 Å². The first-order chi connectivity index (χ1) is 14.9. The summed E-state index contributed by atoms with van der Waals surface area (Å²) in [6, 6.07) is 7.98. The van der Waals surface area contributed by atoms with Crippen LogP contribution in [0.1, 0.15) is 27.5 Å². The molecule has 0 bridgehead atoms. The molecule has 1 N–H and O–H groups in total. The van der Waals surface area contributed by atoms with Crippen molar-refractivity contribution in [2.45, 2.75) is 24.1 Å². The number of hydrogen-bond donors (Lipinski definition) is 1. The lowest BCUT2D eigenvalue weighted by atomic mass is 10.0. The van der Waals surface area contributed by atoms with Crippen molar-refractivity contribution >= 4 is 38.4 Å². The van der Waals surface area contributed by atoms with Crippen LogP contribution in [0.2, 0.25) is 0 Å². The molecule has 1 aliphatic rings. The topological polar surface area (TPSA) is 51.1 Å². The predicted octanol–water partition coefficient (Wildman–Crippen LogP) is 5.72. The van der Waals surface area contributed by atoms with Gasteiger partial charge in [0.25, 0.3) is 5.24 Å². The van der Waals surface area contributed by atoms with E-state index >= 15 is 0 Å². The summed E-state index contributed by atoms with van der Waals surface area (Å²) in [5, 5.41) is 1.45. The van der Waals surface area contributed by atoms with E-state index in [1.165, 1.54) is 10.8 Å². The molecule has 1 aromatic heterocycles. The number of nitrogens with one attached hydrogen (secondary N) is 1. The third-order valence-corrected chi connectivity index (χ3v) is 6.81. The highest BCUT2D eigenvalue weighted by Crippen LogP contribution is 2.42. The van der Waals surface area contributed by atoms with Crippen LogP contribution in [0.3, 0.4) is 0 Å². The standard InChI is InChI=1S/C21H14F6N2O2S/c1-32-17(18(30)28-19(32)31)14-3-2-4-16-13(14)7-8-29(16)10-11-5-6-12(20(22,23)24)9-15(11)21(25,26)27/h2-9,17H,1,10H2,(H,28,30,31). The summed E-state index contributed by atoms with van der Waals surface area (Å²) in [5.74, 6) is 3.24. The van der Waals surface area contributed by atoms with Gasteiger partial charge < -0.3 is 4.57 Å². The molecule has 168 valence electrons. The van der Waals surface area contributed by atoms with Gasteiger partial charge in [-0.2, -0.15) is 26.3 Å². The van der Waals surface area contributed by atoms with Gasteiger partial charge in [0.15, 0.2) is 0 Å². The first-order valence-electron chi connectivity index (χ1n) is 9.10. The van der Waals surface area contributed by atoms with Crippen LogP contribution in [0.25, 0.3) is 10.9 Å². The molecular weight excluding hydrogens is 458 g/mol. The Morgan fingerprint density at radius 2 is 1.72 bits per heavy atom. The molecule has 4 nitrogen and oxygen atoms in total. The second-order valence-electron chi connectivity index (χ2n) is 7.18. The lowest BCUT2D eigenvalue weighted by Gasteiger charge is -2.17. The zero-order chi connectivity index (χ0) is 23.4. The van der Waals surface area contributed by atoms with Crippen molar-refractivity contribution < 1.29 is 35.9 Å². The van der Waals surface area contributed by atoms with Gasteiger partial charge in [-0.25, -0.2) is 0 Å². The molecule has 1 saturated heterocycles. The molecular formula is C21H14F6N2O2S. The number of aromatic nitrogens is 1. The van der Waals surface area contributed by atoms with Gasteiger partial charge in [0.1, 0.15) is 5.25 Å². The number of amides is 2. The molecule has 32 heavy (non-hydrogen) atoms. The number of imide groups is 1. The Morgan fingerprint density at radius 1 is 1.00 bits per heavy atom. The lowest BCUT2D eigenvalue weighted by Crippen LogP contribution is -2.20. The van der Waals surface area contributed by atoms with Gasteiger partial charge in [-0.05, 0) is 35.4 Å². The minimum atomic E-state index is -4.98. The molecule has 3 aromatic rings. The van der Waals surface area contributed by atoms with Gasteiger partial charge in [0, 0.05) is 23.6 Å². The molecule has 1 aliphatic heterocycles. The second-order valence-corrected chi connectivity index (χ2v) is 8.88. The van der Waals surface area contributed by atoms with E-state index in [1.807, 2.05) is 0 Å². The number of nitrogens with zero attached hydrogens (tertiary/aromatic N) is 1. The Bertz CT molecular complexity index is 1280. The molecule has 1 fully saturated rings. The van der Waals surface area contributed by atoms with Crippen molar-refractivity contribution in [1.82, 2.24) is 9.88 Å². The van der Waals surface area contributed by atoms with Gasteiger partial charge in [-0.1, -0.05) is 34.6 Å². The molecule has 2 amide bonds. The maximum Gasteiger partial charge on any atom is 0.416 e. The lowest BCUT2D eigenvalue weighted by molar-refractivity contribution is -0.143. The smallest absolute Gasteiger partial charge is 0.343 e. The molecule has 0 saturated carbocycles. The van der Waals surface area contributed by atoms with Crippen LogP contribution >= 0.6 is 10.5 Å². The van der Waals surface area contributed by atoms with E-state index in [2.05, 4.69) is 11.2 Å². The number of carbonyl (C=O) groups excluding carboxylic acids is 2. The van der Waals surface area contributed by atoms with E-state index in [0.717, 1.165) is 6.07 Å². The molecule has 11 heteroatoms. The minimum Gasteiger partial charge on any atom is -0.343 e. The predicted molar refractivity (Wildman–Crippen MR) is 108 cm³/mol. The number of benzene rings is 2. The van der Waals surface area contributed by atoms with Crippen LogP contribution in [0.5, 0.6) is 0 Å². The first-order valence-corrected chi connectivity index (χ1v) is 10.6. The molecule has 0 spiro atoms. The molecule has 0 aliphatic carbocycles. The van der Waals surface area contributed by atoms with E-state index in [-0.39, 0.29) is 18.2 Å². The fraction of sp³-hybridized carbons (Fsp3) is 0.190. The van der Waals surface area contributed by atoms with Crippen molar-refractivity contribution in [3.63, 3.8) is 0 Å². The van der Waals surface area contributed by atoms with Crippen LogP contribution in [-0.2, 0) is 23.7 Å². The average molecular weight is 472 g/mol. The minimum absolute atomic E-state index is 0.107. The maximum absolute atomic E-state index is 13.5. The van der Waals surface area contributed by atoms with Gasteiger partial charge in [0.05, 0.1) is 11.1 Å². The normalized spacial score (nSPS) is 19.6. The first kappa shape index (κ1) is 22.1. The van der Waals surface area contributed by atoms with Gasteiger partial charge in [0.2, 0.25) is 5.91 Å². The van der Waals surface area contributed by atoms with Crippen molar-refractivity contribution in [1.29, 1.82) is 0 Å². The molecule has 2 unspecified atom stereocenters. The fourth-order valence-electron chi connectivity index (χ4n) is 3.71. The summed E-state index contributed by atoms with van der Waals surface area (Å²) < 4.78 is 80.7. The zero-order valence-electron chi connectivity index (χ0n) is 16.1. The van der Waals surface area contributed by atoms with E-state index in [1.54, 1.807) is 24.3 Å². The molecule has 2 aromatic carbocycles. The Balaban J connectivity index is 1.78. The number of fused-ring (bicyclic) bond motifs is 1. The maximum atomic E-state index is 13.5. The summed E-state index contributed by atoms with van der Waals surface area (Å²) in [4.78, 5) is 24.0. The summed E-state index contributed by atoms with van der Waals surface area (Å²) in [7, 11) is -1.16. The number of rotatable bonds is 3. The van der Waals surface area contributed by atoms with Gasteiger partial charge in [-0.15, -0.1) is 0 Å². The summed E-state index contributed by atoms with van der Waals surface area (Å²) >= 11 is 0. The Kier molecular flexibility index (Phi) is 5.19. The number of alkyl halides is 6. The van der Waals surface area contributed by atoms with Crippen molar-refractivity contribution in [3.8, 4) is 0 Å². The van der Waals surface area contributed by atoms with E-state index in [0.29, 0.717) is 22.5 Å². The van der Waals surface area contributed by atoms with Crippen molar-refractivity contribution in [2.75, 3.05) is 0 Å². The highest BCUT2D eigenvalue weighted by molar-refractivity contribution is 8.28. The third kappa shape index (κ3) is 3.81. The quantitative estimate of drug-likeness (QED) is 0.392. The Labute approximate surface area is 179 Å². The fourth-order valence-corrected chi connectivity index (χ4v) is 4.99. The number of hydrogen-bond acceptors (Lipinski definition) is 2. The van der Waals surface area contributed by atoms with E-state index in [9.17, 15) is 35.9 Å². The summed E-state index contributed by atoms with van der Waals surface area (Å²) in [5.41, 5.74) is -2.11. The van der Waals surface area contributed by atoms with Crippen LogP contribution in [0.15, 0.2) is 48.7 Å². The van der Waals surface area contributed by atoms with Crippen molar-refractivity contribution in [3.05, 3.63) is 70.9 Å². The third-order valence-electron chi connectivity index (χ3n) is 5.20. The Hall–Kier alpha value is -3.08. The molecule has 0 radical (unpaired) electrons. The number of halogens is 6. The van der Waals surface area contributed by atoms with Crippen molar-refractivity contribution in [2.24, 2.45) is 0 Å². The zero-order valence-corrected chi connectivity index (χ0v) is 16.9. The summed E-state index contributed by atoms with van der Waals surface area (Å²) in [6.45, 7) is -0.341. The Morgan fingerprint density at radius 3 is 2.31 bits per heavy atom. The summed E-state index contributed by atoms with van der Waals surface area (Å²) in [6.07, 6.45) is -8.39. The largest absolute Gasteiger partial charge is 0.416 e. The van der Waals surface area contributed by atoms with Gasteiger partial charge >= 0.3 is 12.4 Å². The highest BCUT2D eigenvalue weighted by atomic mass is 32.2. The van der Waals surface area contributed by atoms with Crippen LogP contribution < -0.4 is 5.32 Å². The molecule has 4 rings (SSSR count). The van der Waals surface area contributed by atoms with Crippen LogP contribution in [0, 0.1) is 0 Å². The van der Waals surface area contributed by atoms with Crippen LogP contribution in [-0.4, -0.2) is 21.6 Å². The SMILES string of the molecule is C=S1C(=O)NC(=O)C1c1cccc2c1ccn2Cc1ccc(C(F)(F)F)cc1C(F)(F)F. The average Bonchev–Trinajstić information content (AvgIpc) is 3.21. The molecule has 2 atom stereocenters. The van der Waals surface area contributed by atoms with E-state index < -0.39 is 50.4 Å². The van der Waals surface area contributed by atoms with Crippen LogP contribution in [0.4, 0.5) is 31.1 Å². The number of carbonyl (C=O) groups is 2. The monoisotopic (exact) mass is 472 g/mol. The second kappa shape index (κ2) is 7.51. The molecule has 2 heterocycles.